The van der Waals surface area contributed by atoms with Gasteiger partial charge in [-0.1, -0.05) is 24.1 Å². The third-order valence-electron chi connectivity index (χ3n) is 4.52. The lowest BCUT2D eigenvalue weighted by molar-refractivity contribution is 0.500. The first kappa shape index (κ1) is 11.5. The Morgan fingerprint density at radius 1 is 1.35 bits per heavy atom. The second-order valence-corrected chi connectivity index (χ2v) is 5.89. The monoisotopic (exact) mass is 253 g/mol. The fourth-order valence-corrected chi connectivity index (χ4v) is 3.83. The van der Waals surface area contributed by atoms with Gasteiger partial charge in [0.25, 0.3) is 0 Å². The van der Waals surface area contributed by atoms with Gasteiger partial charge in [-0.05, 0) is 54.7 Å². The molecule has 0 bridgehead atoms. The molecule has 1 nitrogen and oxygen atoms in total. The number of hydrogen-bond donors (Lipinski definition) is 1. The lowest BCUT2D eigenvalue weighted by Gasteiger charge is -2.16. The molecule has 0 spiro atoms. The number of aryl methyl sites for hydroxylation is 1. The van der Waals surface area contributed by atoms with Crippen LogP contribution in [0.5, 0.6) is 0 Å². The molecule has 92 valence electrons. The maximum Gasteiger partial charge on any atom is 0.127 e. The van der Waals surface area contributed by atoms with E-state index in [1.807, 2.05) is 6.07 Å². The van der Waals surface area contributed by atoms with Gasteiger partial charge in [-0.15, -0.1) is 0 Å². The number of rotatable bonds is 2. The van der Waals surface area contributed by atoms with Crippen molar-refractivity contribution in [1.29, 1.82) is 0 Å². The highest BCUT2D eigenvalue weighted by Crippen LogP contribution is 2.61. The summed E-state index contributed by atoms with van der Waals surface area (Å²) in [6.45, 7) is 1.76. The van der Waals surface area contributed by atoms with Gasteiger partial charge in [-0.3, -0.25) is 0 Å². The summed E-state index contributed by atoms with van der Waals surface area (Å²) in [7, 11) is 0. The van der Waals surface area contributed by atoms with Gasteiger partial charge in [0.2, 0.25) is 0 Å². The predicted octanol–water partition coefficient (Wildman–Crippen LogP) is 3.83. The van der Waals surface area contributed by atoms with E-state index < -0.39 is 0 Å². The zero-order chi connectivity index (χ0) is 12.2. The van der Waals surface area contributed by atoms with Crippen molar-refractivity contribution >= 4 is 11.6 Å². The van der Waals surface area contributed by atoms with Crippen molar-refractivity contribution in [3.63, 3.8) is 0 Å². The van der Waals surface area contributed by atoms with Crippen LogP contribution in [0.15, 0.2) is 12.1 Å². The molecule has 1 aromatic carbocycles. The van der Waals surface area contributed by atoms with Gasteiger partial charge in [0.05, 0.1) is 0 Å². The molecule has 2 saturated carbocycles. The second-order valence-electron chi connectivity index (χ2n) is 5.48. The minimum absolute atomic E-state index is 0.0166. The summed E-state index contributed by atoms with van der Waals surface area (Å²) >= 11 is 6.10. The van der Waals surface area contributed by atoms with Crippen LogP contribution in [0.2, 0.25) is 5.02 Å². The SMILES string of the molecule is Cc1cc(C(N)C2C3CCCC32)c(Cl)cc1F. The Kier molecular flexibility index (Phi) is 2.68. The molecule has 0 saturated heterocycles. The average molecular weight is 254 g/mol. The van der Waals surface area contributed by atoms with Crippen LogP contribution >= 0.6 is 11.6 Å². The van der Waals surface area contributed by atoms with Gasteiger partial charge in [0, 0.05) is 11.1 Å². The van der Waals surface area contributed by atoms with E-state index >= 15 is 0 Å². The largest absolute Gasteiger partial charge is 0.324 e. The van der Waals surface area contributed by atoms with Crippen LogP contribution in [-0.2, 0) is 0 Å². The lowest BCUT2D eigenvalue weighted by Crippen LogP contribution is -2.16. The molecule has 2 aliphatic carbocycles. The Morgan fingerprint density at radius 2 is 2.00 bits per heavy atom. The number of halogens is 2. The van der Waals surface area contributed by atoms with Crippen LogP contribution in [0.3, 0.4) is 0 Å². The second kappa shape index (κ2) is 3.96. The van der Waals surface area contributed by atoms with Gasteiger partial charge >= 0.3 is 0 Å². The quantitative estimate of drug-likeness (QED) is 0.852. The minimum Gasteiger partial charge on any atom is -0.324 e. The first-order valence-corrected chi connectivity index (χ1v) is 6.68. The van der Waals surface area contributed by atoms with Crippen molar-refractivity contribution in [3.05, 3.63) is 34.1 Å². The zero-order valence-corrected chi connectivity index (χ0v) is 10.7. The molecule has 2 N–H and O–H groups in total. The molecule has 0 heterocycles. The lowest BCUT2D eigenvalue weighted by atomic mass is 9.96. The predicted molar refractivity (Wildman–Crippen MR) is 67.4 cm³/mol. The standard InChI is InChI=1S/C14H17ClFN/c1-7-5-10(11(15)6-12(7)16)14(17)13-8-3-2-4-9(8)13/h5-6,8-9,13-14H,2-4,17H2,1H3. The van der Waals surface area contributed by atoms with Crippen LogP contribution in [0.25, 0.3) is 0 Å². The Balaban J connectivity index is 1.87. The van der Waals surface area contributed by atoms with Crippen LogP contribution in [0.1, 0.15) is 36.4 Å². The number of fused-ring (bicyclic) bond motifs is 1. The average Bonchev–Trinajstić information content (AvgIpc) is 2.76. The van der Waals surface area contributed by atoms with E-state index in [9.17, 15) is 4.39 Å². The fourth-order valence-electron chi connectivity index (χ4n) is 3.55. The van der Waals surface area contributed by atoms with E-state index in [1.54, 1.807) is 6.92 Å². The minimum atomic E-state index is -0.248. The third kappa shape index (κ3) is 1.78. The van der Waals surface area contributed by atoms with E-state index in [4.69, 9.17) is 17.3 Å². The molecule has 17 heavy (non-hydrogen) atoms. The molecular weight excluding hydrogens is 237 g/mol. The van der Waals surface area contributed by atoms with Crippen molar-refractivity contribution < 1.29 is 4.39 Å². The van der Waals surface area contributed by atoms with Gasteiger partial charge in [-0.25, -0.2) is 4.39 Å². The molecule has 0 aromatic heterocycles. The van der Waals surface area contributed by atoms with E-state index in [0.717, 1.165) is 17.4 Å². The number of benzene rings is 1. The highest BCUT2D eigenvalue weighted by molar-refractivity contribution is 6.31. The molecule has 0 aliphatic heterocycles. The van der Waals surface area contributed by atoms with Crippen LogP contribution in [0, 0.1) is 30.5 Å². The number of hydrogen-bond acceptors (Lipinski definition) is 1. The van der Waals surface area contributed by atoms with E-state index in [1.165, 1.54) is 25.3 Å². The van der Waals surface area contributed by atoms with Crippen molar-refractivity contribution in [3.8, 4) is 0 Å². The highest BCUT2D eigenvalue weighted by atomic mass is 35.5. The Hall–Kier alpha value is -0.600. The van der Waals surface area contributed by atoms with Crippen molar-refractivity contribution in [2.75, 3.05) is 0 Å². The summed E-state index contributed by atoms with van der Waals surface area (Å²) in [6, 6.07) is 3.19. The van der Waals surface area contributed by atoms with Crippen molar-refractivity contribution in [2.45, 2.75) is 32.2 Å². The normalized spacial score (nSPS) is 32.4. The highest BCUT2D eigenvalue weighted by Gasteiger charge is 2.55. The summed E-state index contributed by atoms with van der Waals surface area (Å²) in [4.78, 5) is 0. The molecule has 3 unspecified atom stereocenters. The summed E-state index contributed by atoms with van der Waals surface area (Å²) in [5, 5.41) is 0.477. The maximum atomic E-state index is 13.3. The Labute approximate surface area is 106 Å². The summed E-state index contributed by atoms with van der Waals surface area (Å²) in [5.74, 6) is 1.92. The molecule has 3 rings (SSSR count). The fraction of sp³-hybridized carbons (Fsp3) is 0.571. The van der Waals surface area contributed by atoms with Crippen LogP contribution in [0.4, 0.5) is 4.39 Å². The molecule has 0 amide bonds. The van der Waals surface area contributed by atoms with Gasteiger partial charge in [-0.2, -0.15) is 0 Å². The van der Waals surface area contributed by atoms with Crippen LogP contribution in [-0.4, -0.2) is 0 Å². The van der Waals surface area contributed by atoms with Gasteiger partial charge in [0.1, 0.15) is 5.82 Å². The molecular formula is C14H17ClFN. The molecule has 3 heteroatoms. The zero-order valence-electron chi connectivity index (χ0n) is 9.92. The Morgan fingerprint density at radius 3 is 2.65 bits per heavy atom. The molecule has 2 fully saturated rings. The summed E-state index contributed by atoms with van der Waals surface area (Å²) in [5.41, 5.74) is 7.85. The first-order chi connectivity index (χ1) is 8.09. The van der Waals surface area contributed by atoms with E-state index in [0.29, 0.717) is 16.5 Å². The first-order valence-electron chi connectivity index (χ1n) is 6.30. The summed E-state index contributed by atoms with van der Waals surface area (Å²) < 4.78 is 13.3. The summed E-state index contributed by atoms with van der Waals surface area (Å²) in [6.07, 6.45) is 3.95. The van der Waals surface area contributed by atoms with Crippen molar-refractivity contribution in [2.24, 2.45) is 23.5 Å². The van der Waals surface area contributed by atoms with Gasteiger partial charge < -0.3 is 5.73 Å². The topological polar surface area (TPSA) is 26.0 Å². The third-order valence-corrected chi connectivity index (χ3v) is 4.85. The molecule has 2 aliphatic rings. The Bertz CT molecular complexity index is 450. The smallest absolute Gasteiger partial charge is 0.127 e. The van der Waals surface area contributed by atoms with Crippen molar-refractivity contribution in [1.82, 2.24) is 0 Å². The molecule has 0 radical (unpaired) electrons. The molecule has 3 atom stereocenters. The van der Waals surface area contributed by atoms with Crippen LogP contribution < -0.4 is 5.73 Å². The molecule has 1 aromatic rings. The van der Waals surface area contributed by atoms with E-state index in [2.05, 4.69) is 0 Å². The maximum absolute atomic E-state index is 13.3. The number of nitrogens with two attached hydrogens (primary N) is 1. The van der Waals surface area contributed by atoms with Gasteiger partial charge in [0.15, 0.2) is 0 Å². The van der Waals surface area contributed by atoms with E-state index in [-0.39, 0.29) is 11.9 Å².